The second kappa shape index (κ2) is 7.41. The standard InChI is InChI=1S/C16H22N2S/c1-13(2)18-12-15(14-6-4-3-5-7-14)8-9-16-17-10-11-19-16/h3-7,10-11,13,15,18H,8-9,12H2,1-2H3. The normalized spacial score (nSPS) is 12.8. The number of rotatable bonds is 7. The summed E-state index contributed by atoms with van der Waals surface area (Å²) in [6, 6.07) is 11.3. The molecule has 1 aromatic carbocycles. The molecular formula is C16H22N2S. The molecule has 0 saturated carbocycles. The Labute approximate surface area is 119 Å². The van der Waals surface area contributed by atoms with E-state index >= 15 is 0 Å². The van der Waals surface area contributed by atoms with Gasteiger partial charge in [-0.1, -0.05) is 44.2 Å². The molecule has 0 spiro atoms. The number of hydrogen-bond donors (Lipinski definition) is 1. The SMILES string of the molecule is CC(C)NCC(CCc1nccs1)c1ccccc1. The van der Waals surface area contributed by atoms with Crippen molar-refractivity contribution in [3.63, 3.8) is 0 Å². The minimum absolute atomic E-state index is 0.533. The molecule has 1 atom stereocenters. The topological polar surface area (TPSA) is 24.9 Å². The molecule has 1 unspecified atom stereocenters. The lowest BCUT2D eigenvalue weighted by Crippen LogP contribution is -2.28. The zero-order chi connectivity index (χ0) is 13.5. The van der Waals surface area contributed by atoms with Gasteiger partial charge < -0.3 is 5.32 Å². The molecule has 0 fully saturated rings. The van der Waals surface area contributed by atoms with Gasteiger partial charge in [0, 0.05) is 24.2 Å². The van der Waals surface area contributed by atoms with E-state index in [0.717, 1.165) is 19.4 Å². The van der Waals surface area contributed by atoms with Crippen molar-refractivity contribution in [3.05, 3.63) is 52.5 Å². The highest BCUT2D eigenvalue weighted by atomic mass is 32.1. The Hall–Kier alpha value is -1.19. The molecule has 0 saturated heterocycles. The molecule has 0 aliphatic carbocycles. The van der Waals surface area contributed by atoms with Crippen LogP contribution in [-0.4, -0.2) is 17.6 Å². The lowest BCUT2D eigenvalue weighted by Gasteiger charge is -2.19. The van der Waals surface area contributed by atoms with E-state index in [1.807, 2.05) is 6.20 Å². The first-order chi connectivity index (χ1) is 9.25. The molecule has 1 heterocycles. The highest BCUT2D eigenvalue weighted by Gasteiger charge is 2.12. The zero-order valence-corrected chi connectivity index (χ0v) is 12.5. The van der Waals surface area contributed by atoms with Crippen molar-refractivity contribution in [2.24, 2.45) is 0 Å². The monoisotopic (exact) mass is 274 g/mol. The van der Waals surface area contributed by atoms with Crippen molar-refractivity contribution in [2.75, 3.05) is 6.54 Å². The molecule has 0 amide bonds. The van der Waals surface area contributed by atoms with Gasteiger partial charge >= 0.3 is 0 Å². The van der Waals surface area contributed by atoms with Crippen LogP contribution in [0.1, 0.15) is 36.8 Å². The summed E-state index contributed by atoms with van der Waals surface area (Å²) in [7, 11) is 0. The van der Waals surface area contributed by atoms with Gasteiger partial charge in [-0.3, -0.25) is 0 Å². The smallest absolute Gasteiger partial charge is 0.0925 e. The summed E-state index contributed by atoms with van der Waals surface area (Å²) in [6.07, 6.45) is 4.11. The van der Waals surface area contributed by atoms with Crippen LogP contribution < -0.4 is 5.32 Å². The second-order valence-corrected chi connectivity index (χ2v) is 6.11. The van der Waals surface area contributed by atoms with Crippen LogP contribution in [-0.2, 0) is 6.42 Å². The summed E-state index contributed by atoms with van der Waals surface area (Å²) in [6.45, 7) is 5.43. The molecule has 0 radical (unpaired) electrons. The molecule has 1 aromatic heterocycles. The molecular weight excluding hydrogens is 252 g/mol. The van der Waals surface area contributed by atoms with E-state index < -0.39 is 0 Å². The van der Waals surface area contributed by atoms with Crippen LogP contribution in [0.4, 0.5) is 0 Å². The molecule has 19 heavy (non-hydrogen) atoms. The van der Waals surface area contributed by atoms with Crippen LogP contribution in [0.2, 0.25) is 0 Å². The average molecular weight is 274 g/mol. The van der Waals surface area contributed by atoms with Crippen LogP contribution in [0.15, 0.2) is 41.9 Å². The molecule has 102 valence electrons. The van der Waals surface area contributed by atoms with E-state index in [1.165, 1.54) is 10.6 Å². The fourth-order valence-electron chi connectivity index (χ4n) is 2.16. The van der Waals surface area contributed by atoms with E-state index in [0.29, 0.717) is 12.0 Å². The number of aryl methyl sites for hydroxylation is 1. The number of thiazole rings is 1. The van der Waals surface area contributed by atoms with E-state index in [2.05, 4.69) is 59.9 Å². The van der Waals surface area contributed by atoms with Gasteiger partial charge in [0.25, 0.3) is 0 Å². The quantitative estimate of drug-likeness (QED) is 0.829. The Balaban J connectivity index is 1.97. The average Bonchev–Trinajstić information content (AvgIpc) is 2.93. The highest BCUT2D eigenvalue weighted by molar-refractivity contribution is 7.09. The van der Waals surface area contributed by atoms with Gasteiger partial charge in [-0.25, -0.2) is 4.98 Å². The summed E-state index contributed by atoms with van der Waals surface area (Å²) in [4.78, 5) is 4.38. The Bertz CT molecular complexity index is 451. The Morgan fingerprint density at radius 3 is 2.63 bits per heavy atom. The van der Waals surface area contributed by atoms with Gasteiger partial charge in [-0.2, -0.15) is 0 Å². The van der Waals surface area contributed by atoms with Crippen molar-refractivity contribution < 1.29 is 0 Å². The molecule has 2 rings (SSSR count). The molecule has 0 aliphatic heterocycles. The molecule has 2 aromatic rings. The molecule has 3 heteroatoms. The first-order valence-electron chi connectivity index (χ1n) is 6.92. The lowest BCUT2D eigenvalue weighted by atomic mass is 9.94. The van der Waals surface area contributed by atoms with Gasteiger partial charge in [-0.05, 0) is 24.3 Å². The van der Waals surface area contributed by atoms with Gasteiger partial charge in [0.2, 0.25) is 0 Å². The van der Waals surface area contributed by atoms with Crippen LogP contribution in [0.5, 0.6) is 0 Å². The van der Waals surface area contributed by atoms with Gasteiger partial charge in [0.15, 0.2) is 0 Å². The molecule has 0 aliphatic rings. The molecule has 0 bridgehead atoms. The van der Waals surface area contributed by atoms with Crippen LogP contribution in [0.25, 0.3) is 0 Å². The van der Waals surface area contributed by atoms with Gasteiger partial charge in [0.05, 0.1) is 5.01 Å². The summed E-state index contributed by atoms with van der Waals surface area (Å²) < 4.78 is 0. The van der Waals surface area contributed by atoms with Gasteiger partial charge in [0.1, 0.15) is 0 Å². The number of hydrogen-bond acceptors (Lipinski definition) is 3. The summed E-state index contributed by atoms with van der Waals surface area (Å²) in [5, 5.41) is 6.85. The summed E-state index contributed by atoms with van der Waals surface area (Å²) in [5.41, 5.74) is 1.42. The fourth-order valence-corrected chi connectivity index (χ4v) is 2.80. The summed E-state index contributed by atoms with van der Waals surface area (Å²) >= 11 is 1.75. The minimum Gasteiger partial charge on any atom is -0.314 e. The molecule has 1 N–H and O–H groups in total. The number of nitrogens with one attached hydrogen (secondary N) is 1. The van der Waals surface area contributed by atoms with Crippen molar-refractivity contribution in [1.29, 1.82) is 0 Å². The second-order valence-electron chi connectivity index (χ2n) is 5.14. The van der Waals surface area contributed by atoms with Crippen LogP contribution >= 0.6 is 11.3 Å². The van der Waals surface area contributed by atoms with Crippen molar-refractivity contribution in [2.45, 2.75) is 38.6 Å². The van der Waals surface area contributed by atoms with E-state index in [-0.39, 0.29) is 0 Å². The maximum absolute atomic E-state index is 4.38. The van der Waals surface area contributed by atoms with Crippen molar-refractivity contribution >= 4 is 11.3 Å². The third kappa shape index (κ3) is 4.77. The Morgan fingerprint density at radius 2 is 2.00 bits per heavy atom. The summed E-state index contributed by atoms with van der Waals surface area (Å²) in [5.74, 6) is 0.562. The van der Waals surface area contributed by atoms with E-state index in [1.54, 1.807) is 11.3 Å². The maximum Gasteiger partial charge on any atom is 0.0925 e. The Kier molecular flexibility index (Phi) is 5.55. The predicted octanol–water partition coefficient (Wildman–Crippen LogP) is 3.86. The van der Waals surface area contributed by atoms with Crippen molar-refractivity contribution in [3.8, 4) is 0 Å². The van der Waals surface area contributed by atoms with E-state index in [9.17, 15) is 0 Å². The predicted molar refractivity (Wildman–Crippen MR) is 82.8 cm³/mol. The van der Waals surface area contributed by atoms with Crippen LogP contribution in [0.3, 0.4) is 0 Å². The van der Waals surface area contributed by atoms with E-state index in [4.69, 9.17) is 0 Å². The van der Waals surface area contributed by atoms with Crippen LogP contribution in [0, 0.1) is 0 Å². The lowest BCUT2D eigenvalue weighted by molar-refractivity contribution is 0.508. The number of nitrogens with zero attached hydrogens (tertiary/aromatic N) is 1. The zero-order valence-electron chi connectivity index (χ0n) is 11.7. The van der Waals surface area contributed by atoms with Crippen molar-refractivity contribution in [1.82, 2.24) is 10.3 Å². The maximum atomic E-state index is 4.38. The fraction of sp³-hybridized carbons (Fsp3) is 0.438. The third-order valence-electron chi connectivity index (χ3n) is 3.23. The Morgan fingerprint density at radius 1 is 1.21 bits per heavy atom. The number of aromatic nitrogens is 1. The highest BCUT2D eigenvalue weighted by Crippen LogP contribution is 2.22. The first-order valence-corrected chi connectivity index (χ1v) is 7.80. The van der Waals surface area contributed by atoms with Gasteiger partial charge in [-0.15, -0.1) is 11.3 Å². The first kappa shape index (κ1) is 14.2. The minimum atomic E-state index is 0.533. The largest absolute Gasteiger partial charge is 0.314 e. The molecule has 2 nitrogen and oxygen atoms in total. The third-order valence-corrected chi connectivity index (χ3v) is 4.07. The number of benzene rings is 1.